The maximum Gasteiger partial charge on any atom is 0.181 e. The van der Waals surface area contributed by atoms with E-state index in [0.717, 1.165) is 35.5 Å². The number of aromatic amines is 1. The molecule has 0 radical (unpaired) electrons. The molecule has 32 heavy (non-hydrogen) atoms. The molecule has 7 nitrogen and oxygen atoms in total. The number of morpholine rings is 1. The lowest BCUT2D eigenvalue weighted by Crippen LogP contribution is -2.36. The molecule has 1 saturated heterocycles. The SMILES string of the molecule is COc1c(F)cccc1-c1[nH]nc2ncc(Nc3ccc(N4CCOCC4)c(Cl)c3)cc12. The molecule has 0 saturated carbocycles. The highest BCUT2D eigenvalue weighted by Crippen LogP contribution is 2.36. The van der Waals surface area contributed by atoms with E-state index in [1.165, 1.54) is 13.2 Å². The number of hydrogen-bond acceptors (Lipinski definition) is 6. The summed E-state index contributed by atoms with van der Waals surface area (Å²) in [6.07, 6.45) is 1.69. The van der Waals surface area contributed by atoms with Gasteiger partial charge < -0.3 is 19.7 Å². The average molecular weight is 454 g/mol. The van der Waals surface area contributed by atoms with Crippen molar-refractivity contribution >= 4 is 39.7 Å². The molecule has 9 heteroatoms. The number of benzene rings is 2. The highest BCUT2D eigenvalue weighted by atomic mass is 35.5. The Balaban J connectivity index is 1.45. The minimum absolute atomic E-state index is 0.155. The third-order valence-electron chi connectivity index (χ3n) is 5.44. The first-order valence-electron chi connectivity index (χ1n) is 10.2. The molecule has 1 aliphatic heterocycles. The van der Waals surface area contributed by atoms with Crippen molar-refractivity contribution in [1.82, 2.24) is 15.2 Å². The molecule has 2 N–H and O–H groups in total. The quantitative estimate of drug-likeness (QED) is 0.442. The molecule has 2 aromatic heterocycles. The van der Waals surface area contributed by atoms with Crippen LogP contribution in [0.4, 0.5) is 21.5 Å². The summed E-state index contributed by atoms with van der Waals surface area (Å²) < 4.78 is 24.9. The predicted octanol–water partition coefficient (Wildman–Crippen LogP) is 5.01. The topological polar surface area (TPSA) is 75.3 Å². The lowest BCUT2D eigenvalue weighted by atomic mass is 10.1. The molecule has 0 unspecified atom stereocenters. The summed E-state index contributed by atoms with van der Waals surface area (Å²) in [6.45, 7) is 3.04. The molecule has 2 aromatic carbocycles. The fourth-order valence-electron chi connectivity index (χ4n) is 3.90. The number of pyridine rings is 1. The van der Waals surface area contributed by atoms with Gasteiger partial charge in [0.05, 0.1) is 48.6 Å². The molecule has 0 atom stereocenters. The van der Waals surface area contributed by atoms with Crippen molar-refractivity contribution in [2.75, 3.05) is 43.6 Å². The van der Waals surface area contributed by atoms with E-state index in [9.17, 15) is 4.39 Å². The summed E-state index contributed by atoms with van der Waals surface area (Å²) in [5.74, 6) is -0.285. The lowest BCUT2D eigenvalue weighted by Gasteiger charge is -2.29. The van der Waals surface area contributed by atoms with Crippen LogP contribution in [0.1, 0.15) is 0 Å². The Morgan fingerprint density at radius 2 is 2.00 bits per heavy atom. The first-order chi connectivity index (χ1) is 15.6. The highest BCUT2D eigenvalue weighted by Gasteiger charge is 2.17. The minimum Gasteiger partial charge on any atom is -0.493 e. The van der Waals surface area contributed by atoms with Crippen LogP contribution in [-0.2, 0) is 4.74 Å². The first kappa shape index (κ1) is 20.5. The second-order valence-corrected chi connectivity index (χ2v) is 7.81. The second kappa shape index (κ2) is 8.64. The van der Waals surface area contributed by atoms with Crippen LogP contribution in [0.3, 0.4) is 0 Å². The average Bonchev–Trinajstić information content (AvgIpc) is 3.23. The smallest absolute Gasteiger partial charge is 0.181 e. The van der Waals surface area contributed by atoms with Gasteiger partial charge in [-0.3, -0.25) is 5.10 Å². The first-order valence-corrected chi connectivity index (χ1v) is 10.6. The summed E-state index contributed by atoms with van der Waals surface area (Å²) in [7, 11) is 1.44. The van der Waals surface area contributed by atoms with Crippen molar-refractivity contribution in [2.45, 2.75) is 0 Å². The van der Waals surface area contributed by atoms with Gasteiger partial charge in [0.1, 0.15) is 0 Å². The second-order valence-electron chi connectivity index (χ2n) is 7.41. The van der Waals surface area contributed by atoms with E-state index in [-0.39, 0.29) is 5.75 Å². The van der Waals surface area contributed by atoms with E-state index in [0.29, 0.717) is 35.1 Å². The molecule has 4 aromatic rings. The number of fused-ring (bicyclic) bond motifs is 1. The van der Waals surface area contributed by atoms with Crippen molar-refractivity contribution < 1.29 is 13.9 Å². The van der Waals surface area contributed by atoms with Crippen LogP contribution in [0.2, 0.25) is 5.02 Å². The molecular weight excluding hydrogens is 433 g/mol. The van der Waals surface area contributed by atoms with Crippen LogP contribution in [0.25, 0.3) is 22.3 Å². The Morgan fingerprint density at radius 3 is 2.78 bits per heavy atom. The standard InChI is InChI=1S/C23H21ClFN5O2/c1-31-22-16(3-2-4-19(22)25)21-17-11-15(13-26-23(17)29-28-21)27-14-5-6-20(18(24)12-14)30-7-9-32-10-8-30/h2-6,11-13,27H,7-10H2,1H3,(H,26,28,29). The Hall–Kier alpha value is -3.36. The van der Waals surface area contributed by atoms with Crippen LogP contribution in [0.5, 0.6) is 5.75 Å². The van der Waals surface area contributed by atoms with Crippen LogP contribution in [-0.4, -0.2) is 48.6 Å². The van der Waals surface area contributed by atoms with Crippen molar-refractivity contribution in [1.29, 1.82) is 0 Å². The number of rotatable bonds is 5. The van der Waals surface area contributed by atoms with E-state index >= 15 is 0 Å². The zero-order valence-corrected chi connectivity index (χ0v) is 18.1. The number of H-pyrrole nitrogens is 1. The third kappa shape index (κ3) is 3.83. The maximum atomic E-state index is 14.2. The maximum absolute atomic E-state index is 14.2. The number of nitrogens with zero attached hydrogens (tertiary/aromatic N) is 3. The van der Waals surface area contributed by atoms with Gasteiger partial charge in [-0.15, -0.1) is 0 Å². The lowest BCUT2D eigenvalue weighted by molar-refractivity contribution is 0.122. The van der Waals surface area contributed by atoms with Gasteiger partial charge in [-0.25, -0.2) is 9.37 Å². The van der Waals surface area contributed by atoms with Gasteiger partial charge in [-0.1, -0.05) is 17.7 Å². The molecule has 5 rings (SSSR count). The summed E-state index contributed by atoms with van der Waals surface area (Å²) in [4.78, 5) is 6.64. The summed E-state index contributed by atoms with van der Waals surface area (Å²) in [5, 5.41) is 11.9. The largest absolute Gasteiger partial charge is 0.493 e. The molecular formula is C23H21ClFN5O2. The summed E-state index contributed by atoms with van der Waals surface area (Å²) >= 11 is 6.56. The third-order valence-corrected chi connectivity index (χ3v) is 5.74. The Morgan fingerprint density at radius 1 is 1.16 bits per heavy atom. The molecule has 0 amide bonds. The van der Waals surface area contributed by atoms with Gasteiger partial charge in [-0.2, -0.15) is 5.10 Å². The van der Waals surface area contributed by atoms with E-state index in [1.807, 2.05) is 24.3 Å². The Labute approximate surface area is 189 Å². The molecule has 3 heterocycles. The van der Waals surface area contributed by atoms with Crippen molar-refractivity contribution in [3.8, 4) is 17.0 Å². The van der Waals surface area contributed by atoms with Crippen LogP contribution < -0.4 is 15.0 Å². The number of halogens is 2. The zero-order valence-electron chi connectivity index (χ0n) is 17.4. The molecule has 1 fully saturated rings. The van der Waals surface area contributed by atoms with Crippen LogP contribution >= 0.6 is 11.6 Å². The van der Waals surface area contributed by atoms with Crippen molar-refractivity contribution in [3.63, 3.8) is 0 Å². The summed E-state index contributed by atoms with van der Waals surface area (Å²) in [5.41, 5.74) is 4.31. The summed E-state index contributed by atoms with van der Waals surface area (Å²) in [6, 6.07) is 12.6. The number of hydrogen-bond donors (Lipinski definition) is 2. The van der Waals surface area contributed by atoms with Gasteiger partial charge in [0.15, 0.2) is 17.2 Å². The number of nitrogens with one attached hydrogen (secondary N) is 2. The van der Waals surface area contributed by atoms with Crippen LogP contribution in [0.15, 0.2) is 48.7 Å². The van der Waals surface area contributed by atoms with Gasteiger partial charge in [0, 0.05) is 29.7 Å². The van der Waals surface area contributed by atoms with E-state index in [1.54, 1.807) is 18.3 Å². The molecule has 0 aliphatic carbocycles. The van der Waals surface area contributed by atoms with Crippen molar-refractivity contribution in [3.05, 3.63) is 59.5 Å². The zero-order chi connectivity index (χ0) is 22.1. The molecule has 164 valence electrons. The fourth-order valence-corrected chi connectivity index (χ4v) is 4.20. The van der Waals surface area contributed by atoms with E-state index < -0.39 is 5.82 Å². The molecule has 1 aliphatic rings. The number of para-hydroxylation sites is 1. The van der Waals surface area contributed by atoms with Gasteiger partial charge in [-0.05, 0) is 36.4 Å². The Kier molecular flexibility index (Phi) is 5.55. The van der Waals surface area contributed by atoms with Crippen molar-refractivity contribution in [2.24, 2.45) is 0 Å². The fraction of sp³-hybridized carbons (Fsp3) is 0.217. The Bertz CT molecular complexity index is 1270. The number of anilines is 3. The predicted molar refractivity (Wildman–Crippen MR) is 124 cm³/mol. The van der Waals surface area contributed by atoms with Crippen LogP contribution in [0, 0.1) is 5.82 Å². The number of aromatic nitrogens is 3. The molecule has 0 spiro atoms. The van der Waals surface area contributed by atoms with Gasteiger partial charge in [0.25, 0.3) is 0 Å². The number of methoxy groups -OCH3 is 1. The van der Waals surface area contributed by atoms with E-state index in [2.05, 4.69) is 25.4 Å². The highest BCUT2D eigenvalue weighted by molar-refractivity contribution is 6.33. The van der Waals surface area contributed by atoms with Gasteiger partial charge >= 0.3 is 0 Å². The number of ether oxygens (including phenoxy) is 2. The monoisotopic (exact) mass is 453 g/mol. The van der Waals surface area contributed by atoms with E-state index in [4.69, 9.17) is 21.1 Å². The minimum atomic E-state index is -0.440. The normalized spacial score (nSPS) is 14.0. The van der Waals surface area contributed by atoms with Gasteiger partial charge in [0.2, 0.25) is 0 Å². The molecule has 0 bridgehead atoms.